The standard InChI is InChI=1S/C34H45ClN5O5PSi/c1-24(2)44-46(42,45-25(3)4)20-19-27(21-40-23-36-30-31(35)38-33(37-26(5)41)39-32(30)40)22-43-47(34(6,7)8,28-15-11-9-12-16-28)29-17-13-10-14-18-29/h9-20,23-25,27H,21-22H2,1-8H3,(H,37,38,39,41). The van der Waals surface area contributed by atoms with Gasteiger partial charge in [-0.05, 0) is 43.1 Å². The molecular weight excluding hydrogens is 653 g/mol. The van der Waals surface area contributed by atoms with Gasteiger partial charge < -0.3 is 18.0 Å². The summed E-state index contributed by atoms with van der Waals surface area (Å²) >= 11 is 6.44. The van der Waals surface area contributed by atoms with Gasteiger partial charge in [0.15, 0.2) is 10.8 Å². The van der Waals surface area contributed by atoms with Gasteiger partial charge in [-0.15, -0.1) is 0 Å². The summed E-state index contributed by atoms with van der Waals surface area (Å²) in [6, 6.07) is 20.8. The molecule has 47 heavy (non-hydrogen) atoms. The van der Waals surface area contributed by atoms with E-state index < -0.39 is 15.9 Å². The minimum Gasteiger partial charge on any atom is -0.407 e. The zero-order chi connectivity index (χ0) is 34.4. The molecule has 0 saturated carbocycles. The summed E-state index contributed by atoms with van der Waals surface area (Å²) in [4.78, 5) is 24.9. The van der Waals surface area contributed by atoms with Crippen LogP contribution in [0.2, 0.25) is 10.2 Å². The van der Waals surface area contributed by atoms with Crippen molar-refractivity contribution >= 4 is 60.9 Å². The van der Waals surface area contributed by atoms with Crippen LogP contribution >= 0.6 is 19.2 Å². The van der Waals surface area contributed by atoms with E-state index in [0.717, 1.165) is 10.4 Å². The number of amides is 1. The lowest BCUT2D eigenvalue weighted by molar-refractivity contribution is -0.114. The van der Waals surface area contributed by atoms with Crippen molar-refractivity contribution in [2.75, 3.05) is 11.9 Å². The van der Waals surface area contributed by atoms with E-state index in [1.54, 1.807) is 6.33 Å². The highest BCUT2D eigenvalue weighted by Gasteiger charge is 2.50. The van der Waals surface area contributed by atoms with Crippen molar-refractivity contribution in [1.29, 1.82) is 0 Å². The van der Waals surface area contributed by atoms with Crippen LogP contribution in [0, 0.1) is 5.92 Å². The molecule has 10 nitrogen and oxygen atoms in total. The molecule has 2 heterocycles. The molecule has 13 heteroatoms. The monoisotopic (exact) mass is 697 g/mol. The molecule has 1 N–H and O–H groups in total. The van der Waals surface area contributed by atoms with Gasteiger partial charge in [-0.2, -0.15) is 9.97 Å². The van der Waals surface area contributed by atoms with Crippen LogP contribution in [-0.2, 0) is 29.4 Å². The zero-order valence-corrected chi connectivity index (χ0v) is 31.0. The first-order valence-corrected chi connectivity index (χ1v) is 19.6. The number of benzene rings is 2. The molecule has 0 radical (unpaired) electrons. The molecule has 2 aromatic carbocycles. The molecule has 2 aromatic heterocycles. The Morgan fingerprint density at radius 3 is 2.02 bits per heavy atom. The molecule has 0 saturated heterocycles. The average molecular weight is 698 g/mol. The molecule has 0 fully saturated rings. The van der Waals surface area contributed by atoms with Crippen LogP contribution in [0.1, 0.15) is 55.4 Å². The van der Waals surface area contributed by atoms with Crippen molar-refractivity contribution in [3.8, 4) is 0 Å². The number of carbonyl (C=O) groups is 1. The first-order valence-electron chi connectivity index (χ1n) is 15.7. The molecule has 0 aliphatic rings. The van der Waals surface area contributed by atoms with Gasteiger partial charge >= 0.3 is 7.60 Å². The predicted molar refractivity (Wildman–Crippen MR) is 191 cm³/mol. The number of imidazole rings is 1. The van der Waals surface area contributed by atoms with Gasteiger partial charge in [0.2, 0.25) is 11.9 Å². The minimum absolute atomic E-state index is 0.0765. The Morgan fingerprint density at radius 1 is 0.979 bits per heavy atom. The number of hydrogen-bond donors (Lipinski definition) is 1. The van der Waals surface area contributed by atoms with Gasteiger partial charge in [-0.25, -0.2) is 4.98 Å². The lowest BCUT2D eigenvalue weighted by Crippen LogP contribution is -2.66. The van der Waals surface area contributed by atoms with Gasteiger partial charge in [0.25, 0.3) is 8.32 Å². The van der Waals surface area contributed by atoms with Crippen LogP contribution in [-0.4, -0.2) is 52.6 Å². The van der Waals surface area contributed by atoms with E-state index in [1.807, 2.05) is 74.7 Å². The van der Waals surface area contributed by atoms with Crippen molar-refractivity contribution in [3.05, 3.63) is 84.0 Å². The van der Waals surface area contributed by atoms with E-state index >= 15 is 0 Å². The highest BCUT2D eigenvalue weighted by Crippen LogP contribution is 2.52. The Morgan fingerprint density at radius 2 is 1.53 bits per heavy atom. The maximum atomic E-state index is 13.9. The van der Waals surface area contributed by atoms with E-state index in [4.69, 9.17) is 25.1 Å². The van der Waals surface area contributed by atoms with E-state index in [9.17, 15) is 9.36 Å². The third kappa shape index (κ3) is 9.04. The lowest BCUT2D eigenvalue weighted by atomic mass is 10.1. The Bertz CT molecular complexity index is 1670. The molecular formula is C34H45ClN5O5PSi. The van der Waals surface area contributed by atoms with Crippen molar-refractivity contribution in [3.63, 3.8) is 0 Å². The molecule has 0 spiro atoms. The van der Waals surface area contributed by atoms with Crippen LogP contribution in [0.4, 0.5) is 5.95 Å². The number of fused-ring (bicyclic) bond motifs is 1. The summed E-state index contributed by atoms with van der Waals surface area (Å²) in [7, 11) is -6.53. The number of nitrogens with zero attached hydrogens (tertiary/aromatic N) is 4. The maximum Gasteiger partial charge on any atom is 0.354 e. The molecule has 0 aliphatic heterocycles. The number of hydrogen-bond acceptors (Lipinski definition) is 8. The van der Waals surface area contributed by atoms with E-state index in [2.05, 4.69) is 65.3 Å². The summed E-state index contributed by atoms with van der Waals surface area (Å²) in [6.07, 6.45) is 2.83. The summed E-state index contributed by atoms with van der Waals surface area (Å²) < 4.78 is 34.7. The number of halogens is 1. The summed E-state index contributed by atoms with van der Waals surface area (Å²) in [5.41, 5.74) is 0.839. The van der Waals surface area contributed by atoms with Gasteiger partial charge in [-0.3, -0.25) is 14.7 Å². The van der Waals surface area contributed by atoms with Gasteiger partial charge in [0.1, 0.15) is 5.52 Å². The number of carbonyl (C=O) groups excluding carboxylic acids is 1. The second-order valence-electron chi connectivity index (χ2n) is 13.0. The number of rotatable bonds is 14. The second kappa shape index (κ2) is 15.4. The van der Waals surface area contributed by atoms with Crippen LogP contribution in [0.15, 0.2) is 78.9 Å². The van der Waals surface area contributed by atoms with E-state index in [1.165, 1.54) is 12.7 Å². The van der Waals surface area contributed by atoms with Crippen molar-refractivity contribution in [1.82, 2.24) is 19.5 Å². The first kappa shape index (κ1) is 36.6. The highest BCUT2D eigenvalue weighted by molar-refractivity contribution is 7.57. The van der Waals surface area contributed by atoms with Gasteiger partial charge in [0, 0.05) is 31.8 Å². The zero-order valence-electron chi connectivity index (χ0n) is 28.3. The normalized spacial score (nSPS) is 13.6. The molecule has 1 atom stereocenters. The average Bonchev–Trinajstić information content (AvgIpc) is 3.38. The lowest BCUT2D eigenvalue weighted by Gasteiger charge is -2.43. The smallest absolute Gasteiger partial charge is 0.354 e. The molecule has 1 amide bonds. The Hall–Kier alpha value is -3.18. The third-order valence-electron chi connectivity index (χ3n) is 7.33. The van der Waals surface area contributed by atoms with E-state index in [0.29, 0.717) is 17.7 Å². The molecule has 1 unspecified atom stereocenters. The molecule has 0 bridgehead atoms. The second-order valence-corrected chi connectivity index (χ2v) is 19.5. The van der Waals surface area contributed by atoms with Crippen LogP contribution in [0.25, 0.3) is 11.2 Å². The number of anilines is 1. The van der Waals surface area contributed by atoms with E-state index in [-0.39, 0.29) is 46.8 Å². The predicted octanol–water partition coefficient (Wildman–Crippen LogP) is 7.19. The summed E-state index contributed by atoms with van der Waals surface area (Å²) in [5, 5.41) is 4.75. The van der Waals surface area contributed by atoms with Crippen molar-refractivity contribution in [2.24, 2.45) is 5.92 Å². The summed E-state index contributed by atoms with van der Waals surface area (Å²) in [6.45, 7) is 15.9. The first-order chi connectivity index (χ1) is 22.1. The molecule has 252 valence electrons. The fraction of sp³-hybridized carbons (Fsp3) is 0.412. The highest BCUT2D eigenvalue weighted by atomic mass is 35.5. The maximum absolute atomic E-state index is 13.9. The Balaban J connectivity index is 1.82. The topological polar surface area (TPSA) is 117 Å². The van der Waals surface area contributed by atoms with Crippen LogP contribution < -0.4 is 15.7 Å². The number of aromatic nitrogens is 4. The molecule has 4 aromatic rings. The fourth-order valence-electron chi connectivity index (χ4n) is 5.58. The largest absolute Gasteiger partial charge is 0.407 e. The van der Waals surface area contributed by atoms with Crippen LogP contribution in [0.5, 0.6) is 0 Å². The number of nitrogens with one attached hydrogen (secondary N) is 1. The van der Waals surface area contributed by atoms with Crippen LogP contribution in [0.3, 0.4) is 0 Å². The Kier molecular flexibility index (Phi) is 12.0. The van der Waals surface area contributed by atoms with Crippen molar-refractivity contribution < 1.29 is 22.8 Å². The Labute approximate surface area is 283 Å². The molecule has 4 rings (SSSR count). The SMILES string of the molecule is CC(=O)Nc1nc(Cl)c2ncn(CC(C=CP(=O)(OC(C)C)OC(C)C)CO[Si](c3ccccc3)(c3ccccc3)C(C)(C)C)c2n1. The van der Waals surface area contributed by atoms with Gasteiger partial charge in [0.05, 0.1) is 18.5 Å². The quantitative estimate of drug-likeness (QED) is 0.0836. The fourth-order valence-corrected chi connectivity index (χ4v) is 12.2. The van der Waals surface area contributed by atoms with Gasteiger partial charge in [-0.1, -0.05) is 99.1 Å². The summed E-state index contributed by atoms with van der Waals surface area (Å²) in [5.74, 6) is 0.951. The minimum atomic E-state index is -3.61. The molecule has 0 aliphatic carbocycles. The third-order valence-corrected chi connectivity index (χ3v) is 14.6. The van der Waals surface area contributed by atoms with Crippen molar-refractivity contribution in [2.45, 2.75) is 79.2 Å².